The summed E-state index contributed by atoms with van der Waals surface area (Å²) in [6.07, 6.45) is 0. The summed E-state index contributed by atoms with van der Waals surface area (Å²) < 4.78 is 15.9. The fourth-order valence-corrected chi connectivity index (χ4v) is 2.85. The fraction of sp³-hybridized carbons (Fsp3) is 0. The highest BCUT2D eigenvalue weighted by Crippen LogP contribution is 2.35. The molecule has 0 aliphatic rings. The van der Waals surface area contributed by atoms with Crippen LogP contribution in [0.5, 0.6) is 5.88 Å². The summed E-state index contributed by atoms with van der Waals surface area (Å²) in [4.78, 5) is 24.4. The molecule has 21 heavy (non-hydrogen) atoms. The Labute approximate surface area is 131 Å². The molecule has 0 saturated carbocycles. The third-order valence-corrected chi connectivity index (χ3v) is 3.98. The quantitative estimate of drug-likeness (QED) is 0.710. The van der Waals surface area contributed by atoms with Crippen molar-refractivity contribution < 1.29 is 17.4 Å². The lowest BCUT2D eigenvalue weighted by molar-refractivity contribution is 0.104. The zero-order chi connectivity index (χ0) is 16.9. The Hall–Kier alpha value is -2.31. The van der Waals surface area contributed by atoms with E-state index in [-0.39, 0.29) is 32.7 Å². The molecule has 106 valence electrons. The second-order valence-corrected chi connectivity index (χ2v) is 5.50. The van der Waals surface area contributed by atoms with Gasteiger partial charge in [-0.3, -0.25) is 4.79 Å². The number of benzene rings is 1. The van der Waals surface area contributed by atoms with Crippen molar-refractivity contribution in [2.24, 2.45) is 5.73 Å². The van der Waals surface area contributed by atoms with Crippen LogP contribution in [0, 0.1) is 0 Å². The summed E-state index contributed by atoms with van der Waals surface area (Å²) in [5, 5.41) is 10.8. The zero-order valence-corrected chi connectivity index (χ0v) is 12.0. The normalized spacial score (nSPS) is 12.2. The van der Waals surface area contributed by atoms with E-state index in [2.05, 4.69) is 0 Å². The van der Waals surface area contributed by atoms with Crippen LogP contribution in [0.4, 0.5) is 4.79 Å². The molecule has 0 unspecified atom stereocenters. The first kappa shape index (κ1) is 11.4. The third kappa shape index (κ3) is 2.09. The number of primary amides is 1. The number of aromatic nitrogens is 1. The summed E-state index contributed by atoms with van der Waals surface area (Å²) in [6.45, 7) is 0. The molecule has 3 N–H and O–H groups in total. The second-order valence-electron chi connectivity index (χ2n) is 4.22. The number of fused-ring (bicyclic) bond motifs is 1. The van der Waals surface area contributed by atoms with Crippen LogP contribution in [0.1, 0.15) is 18.0 Å². The maximum atomic E-state index is 12.7. The van der Waals surface area contributed by atoms with Crippen LogP contribution in [-0.4, -0.2) is 21.5 Å². The van der Waals surface area contributed by atoms with E-state index in [9.17, 15) is 14.7 Å². The largest absolute Gasteiger partial charge is 0.494 e. The van der Waals surface area contributed by atoms with Gasteiger partial charge in [-0.1, -0.05) is 17.6 Å². The monoisotopic (exact) mass is 324 g/mol. The zero-order valence-electron chi connectivity index (χ0n) is 12.4. The van der Waals surface area contributed by atoms with Gasteiger partial charge in [-0.25, -0.2) is 9.36 Å². The van der Waals surface area contributed by atoms with Gasteiger partial charge in [0.25, 0.3) is 0 Å². The maximum Gasteiger partial charge on any atom is 0.326 e. The highest BCUT2D eigenvalue weighted by Gasteiger charge is 2.26. The molecule has 3 aromatic rings. The molecule has 0 fully saturated rings. The number of ketones is 1. The molecule has 0 aliphatic carbocycles. The summed E-state index contributed by atoms with van der Waals surface area (Å²) in [6, 6.07) is 4.63. The van der Waals surface area contributed by atoms with Crippen molar-refractivity contribution in [2.45, 2.75) is 0 Å². The Morgan fingerprint density at radius 3 is 2.76 bits per heavy atom. The summed E-state index contributed by atoms with van der Waals surface area (Å²) in [7, 11) is 0. The molecule has 5 nitrogen and oxygen atoms in total. The molecule has 0 bridgehead atoms. The van der Waals surface area contributed by atoms with Gasteiger partial charge in [-0.05, 0) is 29.6 Å². The van der Waals surface area contributed by atoms with Crippen LogP contribution in [0.2, 0.25) is 5.02 Å². The number of nitrogens with zero attached hydrogens (tertiary/aromatic N) is 1. The number of thiophene rings is 1. The number of amides is 1. The van der Waals surface area contributed by atoms with Crippen LogP contribution < -0.4 is 5.73 Å². The predicted octanol–water partition coefficient (Wildman–Crippen LogP) is 3.22. The molecule has 1 aromatic carbocycles. The molecule has 2 heterocycles. The Kier molecular flexibility index (Phi) is 2.65. The molecule has 1 amide bonds. The summed E-state index contributed by atoms with van der Waals surface area (Å²) in [5.41, 5.74) is 5.37. The molecule has 0 saturated heterocycles. The second kappa shape index (κ2) is 4.91. The molecule has 0 atom stereocenters. The van der Waals surface area contributed by atoms with Crippen LogP contribution in [0.25, 0.3) is 10.9 Å². The van der Waals surface area contributed by atoms with Crippen molar-refractivity contribution in [1.29, 1.82) is 0 Å². The lowest BCUT2D eigenvalue weighted by atomic mass is 10.1. The van der Waals surface area contributed by atoms with Crippen molar-refractivity contribution in [1.82, 2.24) is 4.57 Å². The Morgan fingerprint density at radius 1 is 1.38 bits per heavy atom. The van der Waals surface area contributed by atoms with Gasteiger partial charge in [-0.15, -0.1) is 11.3 Å². The average molecular weight is 325 g/mol. The first-order valence-corrected chi connectivity index (χ1v) is 6.95. The van der Waals surface area contributed by atoms with Gasteiger partial charge in [0.1, 0.15) is 0 Å². The van der Waals surface area contributed by atoms with Gasteiger partial charge in [0.05, 0.1) is 18.7 Å². The summed E-state index contributed by atoms with van der Waals surface area (Å²) >= 11 is 6.75. The van der Waals surface area contributed by atoms with E-state index in [1.807, 2.05) is 0 Å². The third-order valence-electron chi connectivity index (χ3n) is 3.00. The molecular weight excluding hydrogens is 312 g/mol. The number of halogens is 1. The smallest absolute Gasteiger partial charge is 0.326 e. The minimum atomic E-state index is -0.942. The number of hydrogen-bond acceptors (Lipinski definition) is 4. The van der Waals surface area contributed by atoms with E-state index in [0.717, 1.165) is 15.9 Å². The van der Waals surface area contributed by atoms with E-state index >= 15 is 0 Å². The number of rotatable bonds is 2. The van der Waals surface area contributed by atoms with Crippen LogP contribution in [0.3, 0.4) is 0 Å². The SMILES string of the molecule is [3H]c1cc(C(=O)c2c(O)n(C(N)=O)c3ccc(Cl)cc23)sc1[3H]. The lowest BCUT2D eigenvalue weighted by Crippen LogP contribution is -2.18. The molecule has 0 spiro atoms. The highest BCUT2D eigenvalue weighted by atomic mass is 35.5. The Balaban J connectivity index is 2.32. The van der Waals surface area contributed by atoms with Crippen LogP contribution in [0.15, 0.2) is 35.7 Å². The average Bonchev–Trinajstić information content (AvgIpc) is 2.95. The molecule has 0 radical (unpaired) electrons. The molecule has 7 heteroatoms. The van der Waals surface area contributed by atoms with Gasteiger partial charge in [0, 0.05) is 10.4 Å². The first-order valence-electron chi connectivity index (χ1n) is 6.75. The Morgan fingerprint density at radius 2 is 2.14 bits per heavy atom. The highest BCUT2D eigenvalue weighted by molar-refractivity contribution is 7.12. The number of nitrogens with two attached hydrogens (primary N) is 1. The van der Waals surface area contributed by atoms with E-state index in [1.54, 1.807) is 0 Å². The molecule has 2 aromatic heterocycles. The Bertz CT molecular complexity index is 961. The van der Waals surface area contributed by atoms with Gasteiger partial charge >= 0.3 is 6.03 Å². The van der Waals surface area contributed by atoms with Gasteiger partial charge in [0.2, 0.25) is 11.7 Å². The van der Waals surface area contributed by atoms with Gasteiger partial charge < -0.3 is 10.8 Å². The lowest BCUT2D eigenvalue weighted by Gasteiger charge is -2.00. The minimum Gasteiger partial charge on any atom is -0.494 e. The standard InChI is InChI=1S/C14H9ClN2O3S/c15-7-3-4-9-8(6-7)11(13(19)17(9)14(16)20)12(18)10-2-1-5-21-10/h1-6,19H,(H2,16,20)/i1T,5T. The van der Waals surface area contributed by atoms with Gasteiger partial charge in [-0.2, -0.15) is 0 Å². The summed E-state index contributed by atoms with van der Waals surface area (Å²) in [5.74, 6) is -1.20. The van der Waals surface area contributed by atoms with E-state index in [4.69, 9.17) is 20.1 Å². The van der Waals surface area contributed by atoms with Crippen LogP contribution in [-0.2, 0) is 0 Å². The van der Waals surface area contributed by atoms with Crippen molar-refractivity contribution in [3.63, 3.8) is 0 Å². The van der Waals surface area contributed by atoms with Crippen molar-refractivity contribution in [3.8, 4) is 5.88 Å². The number of aromatic hydroxyl groups is 1. The van der Waals surface area contributed by atoms with Crippen molar-refractivity contribution in [3.05, 3.63) is 51.1 Å². The van der Waals surface area contributed by atoms with Crippen molar-refractivity contribution in [2.75, 3.05) is 0 Å². The topological polar surface area (TPSA) is 85.3 Å². The molecular formula is C14H9ClN2O3S. The minimum absolute atomic E-state index is 0.0653. The van der Waals surface area contributed by atoms with Crippen molar-refractivity contribution >= 4 is 45.7 Å². The predicted molar refractivity (Wildman–Crippen MR) is 81.3 cm³/mol. The fourth-order valence-electron chi connectivity index (χ4n) is 2.14. The number of carbonyl (C=O) groups is 2. The maximum absolute atomic E-state index is 12.7. The molecule has 3 rings (SSSR count). The van der Waals surface area contributed by atoms with E-state index in [0.29, 0.717) is 5.02 Å². The van der Waals surface area contributed by atoms with Crippen LogP contribution >= 0.6 is 22.9 Å². The van der Waals surface area contributed by atoms with Gasteiger partial charge in [0.15, 0.2) is 0 Å². The molecule has 0 aliphatic heterocycles. The number of carbonyl (C=O) groups excluding carboxylic acids is 2. The number of hydrogen-bond donors (Lipinski definition) is 2. The van der Waals surface area contributed by atoms with E-state index < -0.39 is 17.7 Å². The van der Waals surface area contributed by atoms with E-state index in [1.165, 1.54) is 24.3 Å². The first-order chi connectivity index (χ1) is 10.8.